The minimum Gasteiger partial charge on any atom is -0.355 e. The molecule has 1 aliphatic rings. The van der Waals surface area contributed by atoms with Crippen molar-refractivity contribution in [2.24, 2.45) is 0 Å². The van der Waals surface area contributed by atoms with Crippen LogP contribution in [-0.4, -0.2) is 40.4 Å². The molecule has 7 nitrogen and oxygen atoms in total. The van der Waals surface area contributed by atoms with E-state index in [-0.39, 0.29) is 23.7 Å². The molecule has 0 atom stereocenters. The van der Waals surface area contributed by atoms with E-state index in [2.05, 4.69) is 10.3 Å². The molecule has 4 rings (SSSR count). The molecule has 3 heterocycles. The van der Waals surface area contributed by atoms with Crippen LogP contribution in [0.2, 0.25) is 0 Å². The Hall–Kier alpha value is -2.78. The van der Waals surface area contributed by atoms with Crippen molar-refractivity contribution in [3.05, 3.63) is 62.3 Å². The van der Waals surface area contributed by atoms with Gasteiger partial charge in [-0.3, -0.25) is 14.4 Å². The summed E-state index contributed by atoms with van der Waals surface area (Å²) in [5.41, 5.74) is 0.258. The number of hydrogen-bond donors (Lipinski definition) is 1. The van der Waals surface area contributed by atoms with Gasteiger partial charge in [0.15, 0.2) is 0 Å². The summed E-state index contributed by atoms with van der Waals surface area (Å²) in [6.45, 7) is 0.285. The highest BCUT2D eigenvalue weighted by molar-refractivity contribution is 7.20. The van der Waals surface area contributed by atoms with Crippen LogP contribution in [0.3, 0.4) is 0 Å². The lowest BCUT2D eigenvalue weighted by atomic mass is 9.95. The highest BCUT2D eigenvalue weighted by Crippen LogP contribution is 2.29. The van der Waals surface area contributed by atoms with Gasteiger partial charge in [-0.25, -0.2) is 4.98 Å². The monoisotopic (exact) mass is 470 g/mol. The number of amides is 2. The lowest BCUT2D eigenvalue weighted by molar-refractivity contribution is 0.0781. The third kappa shape index (κ3) is 4.68. The van der Waals surface area contributed by atoms with Gasteiger partial charge in [-0.2, -0.15) is 0 Å². The molecule has 1 fully saturated rings. The SMILES string of the molecule is CNC(=O)c1cn(C2CCCCC2)cc(C(=O)N(C)Cc2csc(-c3cccs3)n2)c1=O. The summed E-state index contributed by atoms with van der Waals surface area (Å²) in [7, 11) is 3.14. The molecule has 0 bridgehead atoms. The fourth-order valence-electron chi connectivity index (χ4n) is 4.05. The van der Waals surface area contributed by atoms with Crippen molar-refractivity contribution in [3.63, 3.8) is 0 Å². The second-order valence-electron chi connectivity index (χ2n) is 8.02. The van der Waals surface area contributed by atoms with E-state index >= 15 is 0 Å². The first kappa shape index (κ1) is 22.4. The summed E-state index contributed by atoms with van der Waals surface area (Å²) < 4.78 is 1.89. The molecular weight excluding hydrogens is 444 g/mol. The number of nitrogens with one attached hydrogen (secondary N) is 1. The molecule has 3 aromatic heterocycles. The quantitative estimate of drug-likeness (QED) is 0.586. The van der Waals surface area contributed by atoms with Crippen molar-refractivity contribution in [1.82, 2.24) is 19.8 Å². The van der Waals surface area contributed by atoms with Crippen LogP contribution in [0.4, 0.5) is 0 Å². The van der Waals surface area contributed by atoms with Crippen molar-refractivity contribution in [2.45, 2.75) is 44.7 Å². The molecule has 0 spiro atoms. The Labute approximate surface area is 194 Å². The average Bonchev–Trinajstić information content (AvgIpc) is 3.51. The zero-order valence-electron chi connectivity index (χ0n) is 18.2. The summed E-state index contributed by atoms with van der Waals surface area (Å²) in [6.07, 6.45) is 8.57. The van der Waals surface area contributed by atoms with E-state index in [0.29, 0.717) is 0 Å². The normalized spacial score (nSPS) is 14.3. The summed E-state index contributed by atoms with van der Waals surface area (Å²) in [6, 6.07) is 4.18. The number of carbonyl (C=O) groups is 2. The van der Waals surface area contributed by atoms with Gasteiger partial charge >= 0.3 is 0 Å². The van der Waals surface area contributed by atoms with Gasteiger partial charge in [0.2, 0.25) is 5.43 Å². The second-order valence-corrected chi connectivity index (χ2v) is 9.82. The van der Waals surface area contributed by atoms with Crippen LogP contribution in [0.1, 0.15) is 64.6 Å². The van der Waals surface area contributed by atoms with Crippen LogP contribution in [0.5, 0.6) is 0 Å². The molecule has 1 N–H and O–H groups in total. The number of nitrogens with zero attached hydrogens (tertiary/aromatic N) is 3. The number of hydrogen-bond acceptors (Lipinski definition) is 6. The summed E-state index contributed by atoms with van der Waals surface area (Å²) in [5, 5.41) is 7.37. The largest absolute Gasteiger partial charge is 0.355 e. The fraction of sp³-hybridized carbons (Fsp3) is 0.391. The lowest BCUT2D eigenvalue weighted by Gasteiger charge is -2.26. The van der Waals surface area contributed by atoms with Crippen LogP contribution in [0.15, 0.2) is 40.1 Å². The van der Waals surface area contributed by atoms with Gasteiger partial charge in [0, 0.05) is 37.9 Å². The minimum atomic E-state index is -0.536. The van der Waals surface area contributed by atoms with Gasteiger partial charge in [0.1, 0.15) is 16.1 Å². The highest BCUT2D eigenvalue weighted by atomic mass is 32.1. The van der Waals surface area contributed by atoms with E-state index < -0.39 is 17.2 Å². The molecule has 1 saturated carbocycles. The van der Waals surface area contributed by atoms with Crippen LogP contribution in [-0.2, 0) is 6.54 Å². The topological polar surface area (TPSA) is 84.3 Å². The average molecular weight is 471 g/mol. The molecule has 0 saturated heterocycles. The van der Waals surface area contributed by atoms with E-state index in [9.17, 15) is 14.4 Å². The summed E-state index contributed by atoms with van der Waals surface area (Å²) >= 11 is 3.15. The van der Waals surface area contributed by atoms with Crippen LogP contribution in [0, 0.1) is 0 Å². The molecule has 9 heteroatoms. The van der Waals surface area contributed by atoms with Gasteiger partial charge in [-0.15, -0.1) is 22.7 Å². The molecule has 32 heavy (non-hydrogen) atoms. The molecule has 0 aromatic carbocycles. The third-order valence-electron chi connectivity index (χ3n) is 5.77. The van der Waals surface area contributed by atoms with E-state index in [1.807, 2.05) is 27.5 Å². The van der Waals surface area contributed by atoms with Gasteiger partial charge < -0.3 is 14.8 Å². The smallest absolute Gasteiger partial charge is 0.259 e. The van der Waals surface area contributed by atoms with E-state index in [4.69, 9.17) is 0 Å². The van der Waals surface area contributed by atoms with Gasteiger partial charge in [-0.05, 0) is 24.3 Å². The molecule has 2 amide bonds. The Kier molecular flexibility index (Phi) is 6.86. The van der Waals surface area contributed by atoms with Crippen LogP contribution in [0.25, 0.3) is 9.88 Å². The number of carbonyl (C=O) groups excluding carboxylic acids is 2. The number of thiophene rings is 1. The first-order chi connectivity index (χ1) is 15.5. The van der Waals surface area contributed by atoms with Crippen molar-refractivity contribution in [3.8, 4) is 9.88 Å². The fourth-order valence-corrected chi connectivity index (χ4v) is 5.68. The number of rotatable bonds is 6. The van der Waals surface area contributed by atoms with Crippen molar-refractivity contribution in [1.29, 1.82) is 0 Å². The Morgan fingerprint density at radius 3 is 2.62 bits per heavy atom. The maximum Gasteiger partial charge on any atom is 0.259 e. The first-order valence-electron chi connectivity index (χ1n) is 10.7. The molecule has 1 aliphatic carbocycles. The van der Waals surface area contributed by atoms with E-state index in [1.54, 1.807) is 30.8 Å². The van der Waals surface area contributed by atoms with Gasteiger partial charge in [0.05, 0.1) is 17.1 Å². The third-order valence-corrected chi connectivity index (χ3v) is 7.70. The van der Waals surface area contributed by atoms with Crippen molar-refractivity contribution < 1.29 is 9.59 Å². The molecule has 168 valence electrons. The maximum absolute atomic E-state index is 13.3. The van der Waals surface area contributed by atoms with E-state index in [1.165, 1.54) is 29.7 Å². The zero-order valence-corrected chi connectivity index (χ0v) is 19.8. The molecular formula is C23H26N4O3S2. The van der Waals surface area contributed by atoms with Crippen molar-refractivity contribution >= 4 is 34.5 Å². The second kappa shape index (κ2) is 9.79. The highest BCUT2D eigenvalue weighted by Gasteiger charge is 2.24. The molecule has 0 aliphatic heterocycles. The summed E-state index contributed by atoms with van der Waals surface area (Å²) in [5.74, 6) is -0.882. The van der Waals surface area contributed by atoms with Crippen LogP contribution >= 0.6 is 22.7 Å². The van der Waals surface area contributed by atoms with Crippen LogP contribution < -0.4 is 10.7 Å². The molecule has 0 radical (unpaired) electrons. The van der Waals surface area contributed by atoms with Gasteiger partial charge in [-0.1, -0.05) is 25.3 Å². The predicted molar refractivity (Wildman–Crippen MR) is 127 cm³/mol. The minimum absolute atomic E-state index is 0.00552. The van der Waals surface area contributed by atoms with Crippen molar-refractivity contribution in [2.75, 3.05) is 14.1 Å². The Morgan fingerprint density at radius 2 is 1.94 bits per heavy atom. The standard InChI is InChI=1S/C23H26N4O3S2/c1-24-21(29)17-12-27(16-7-4-3-5-8-16)13-18(20(17)28)23(30)26(2)11-15-14-32-22(25-15)19-9-6-10-31-19/h6,9-10,12-14,16H,3-5,7-8,11H2,1-2H3,(H,24,29). The van der Waals surface area contributed by atoms with E-state index in [0.717, 1.165) is 41.3 Å². The van der Waals surface area contributed by atoms with Gasteiger partial charge in [0.25, 0.3) is 11.8 Å². The maximum atomic E-state index is 13.3. The summed E-state index contributed by atoms with van der Waals surface area (Å²) in [4.78, 5) is 45.9. The Morgan fingerprint density at radius 1 is 1.19 bits per heavy atom. The zero-order chi connectivity index (χ0) is 22.7. The number of aromatic nitrogens is 2. The Balaban J connectivity index is 1.61. The first-order valence-corrected chi connectivity index (χ1v) is 12.5. The lowest BCUT2D eigenvalue weighted by Crippen LogP contribution is -2.36. The molecule has 0 unspecified atom stereocenters. The Bertz CT molecular complexity index is 1160. The number of pyridine rings is 1. The molecule has 3 aromatic rings. The predicted octanol–water partition coefficient (Wildman–Crippen LogP) is 4.17. The number of thiazole rings is 1.